The molecule has 1 atom stereocenters. The van der Waals surface area contributed by atoms with E-state index in [4.69, 9.17) is 11.6 Å². The molecular formula is C18H16ClNO. The van der Waals surface area contributed by atoms with Crippen LogP contribution in [-0.4, -0.2) is 5.78 Å². The van der Waals surface area contributed by atoms with Crippen molar-refractivity contribution < 1.29 is 4.79 Å². The van der Waals surface area contributed by atoms with Crippen LogP contribution in [0.3, 0.4) is 0 Å². The minimum absolute atomic E-state index is 0.221. The number of hydrogen-bond donors (Lipinski definition) is 0. The third kappa shape index (κ3) is 3.32. The van der Waals surface area contributed by atoms with E-state index in [2.05, 4.69) is 19.9 Å². The summed E-state index contributed by atoms with van der Waals surface area (Å²) in [4.78, 5) is 12.5. The average Bonchev–Trinajstić information content (AvgIpc) is 2.50. The van der Waals surface area contributed by atoms with Gasteiger partial charge in [0.2, 0.25) is 0 Å². The summed E-state index contributed by atoms with van der Waals surface area (Å²) >= 11 is 6.09. The number of nitrogens with zero attached hydrogens (tertiary/aromatic N) is 1. The van der Waals surface area contributed by atoms with Crippen molar-refractivity contribution in [1.29, 1.82) is 5.26 Å². The van der Waals surface area contributed by atoms with E-state index in [-0.39, 0.29) is 5.78 Å². The quantitative estimate of drug-likeness (QED) is 0.749. The highest BCUT2D eigenvalue weighted by Crippen LogP contribution is 2.27. The number of benzene rings is 2. The van der Waals surface area contributed by atoms with E-state index in [9.17, 15) is 10.1 Å². The molecule has 0 bridgehead atoms. The first kappa shape index (κ1) is 15.3. The number of carbonyl (C=O) groups excluding carboxylic acids is 1. The average molecular weight is 298 g/mol. The van der Waals surface area contributed by atoms with E-state index < -0.39 is 5.92 Å². The third-order valence-electron chi connectivity index (χ3n) is 3.47. The Morgan fingerprint density at radius 2 is 1.71 bits per heavy atom. The highest BCUT2D eigenvalue weighted by Gasteiger charge is 2.23. The van der Waals surface area contributed by atoms with E-state index in [0.717, 1.165) is 5.56 Å². The Hall–Kier alpha value is -2.11. The van der Waals surface area contributed by atoms with Gasteiger partial charge in [-0.3, -0.25) is 4.79 Å². The lowest BCUT2D eigenvalue weighted by Crippen LogP contribution is -2.11. The molecule has 3 heteroatoms. The number of Topliss-reactive ketones (excluding diaryl/α,β-unsaturated/α-hetero) is 1. The van der Waals surface area contributed by atoms with Crippen molar-refractivity contribution in [2.45, 2.75) is 25.7 Å². The normalized spacial score (nSPS) is 12.0. The van der Waals surface area contributed by atoms with Crippen LogP contribution in [0.2, 0.25) is 5.02 Å². The van der Waals surface area contributed by atoms with Gasteiger partial charge in [-0.2, -0.15) is 5.26 Å². The zero-order chi connectivity index (χ0) is 15.4. The fourth-order valence-electron chi connectivity index (χ4n) is 2.18. The summed E-state index contributed by atoms with van der Waals surface area (Å²) in [5.74, 6) is -0.686. The first-order chi connectivity index (χ1) is 10.0. The molecule has 1 unspecified atom stereocenters. The Morgan fingerprint density at radius 3 is 2.24 bits per heavy atom. The van der Waals surface area contributed by atoms with Crippen LogP contribution in [0, 0.1) is 11.3 Å². The number of nitriles is 1. The Labute approximate surface area is 130 Å². The highest BCUT2D eigenvalue weighted by molar-refractivity contribution is 6.31. The van der Waals surface area contributed by atoms with E-state index in [1.165, 1.54) is 0 Å². The van der Waals surface area contributed by atoms with Gasteiger partial charge >= 0.3 is 0 Å². The van der Waals surface area contributed by atoms with Gasteiger partial charge in [0.15, 0.2) is 5.78 Å². The van der Waals surface area contributed by atoms with E-state index in [1.54, 1.807) is 36.4 Å². The van der Waals surface area contributed by atoms with Gasteiger partial charge in [0, 0.05) is 10.6 Å². The SMILES string of the molecule is CC(C)c1ccc(C(=O)C(C#N)c2ccccc2Cl)cc1. The predicted octanol–water partition coefficient (Wildman–Crippen LogP) is 4.95. The molecule has 0 amide bonds. The Kier molecular flexibility index (Phi) is 4.77. The van der Waals surface area contributed by atoms with Crippen molar-refractivity contribution in [2.75, 3.05) is 0 Å². The summed E-state index contributed by atoms with van der Waals surface area (Å²) in [6.45, 7) is 4.19. The molecular weight excluding hydrogens is 282 g/mol. The molecule has 2 nitrogen and oxygen atoms in total. The van der Waals surface area contributed by atoms with Gasteiger partial charge in [-0.25, -0.2) is 0 Å². The summed E-state index contributed by atoms with van der Waals surface area (Å²) in [6.07, 6.45) is 0. The topological polar surface area (TPSA) is 40.9 Å². The van der Waals surface area contributed by atoms with Crippen LogP contribution in [0.5, 0.6) is 0 Å². The van der Waals surface area contributed by atoms with Crippen LogP contribution in [0.25, 0.3) is 0 Å². The number of carbonyl (C=O) groups is 1. The van der Waals surface area contributed by atoms with Gasteiger partial charge in [-0.1, -0.05) is 67.9 Å². The van der Waals surface area contributed by atoms with Gasteiger partial charge in [0.1, 0.15) is 5.92 Å². The van der Waals surface area contributed by atoms with Crippen LogP contribution in [0.15, 0.2) is 48.5 Å². The molecule has 0 aliphatic carbocycles. The maximum atomic E-state index is 12.5. The second-order valence-electron chi connectivity index (χ2n) is 5.22. The molecule has 0 radical (unpaired) electrons. The van der Waals surface area contributed by atoms with Gasteiger partial charge in [-0.15, -0.1) is 0 Å². The van der Waals surface area contributed by atoms with Crippen LogP contribution >= 0.6 is 11.6 Å². The molecule has 2 aromatic rings. The predicted molar refractivity (Wildman–Crippen MR) is 84.7 cm³/mol. The van der Waals surface area contributed by atoms with Crippen molar-refractivity contribution in [1.82, 2.24) is 0 Å². The largest absolute Gasteiger partial charge is 0.292 e. The van der Waals surface area contributed by atoms with Gasteiger partial charge in [-0.05, 0) is 23.1 Å². The van der Waals surface area contributed by atoms with E-state index >= 15 is 0 Å². The lowest BCUT2D eigenvalue weighted by molar-refractivity contribution is 0.0979. The minimum Gasteiger partial charge on any atom is -0.292 e. The van der Waals surface area contributed by atoms with Gasteiger partial charge in [0.05, 0.1) is 6.07 Å². The lowest BCUT2D eigenvalue weighted by Gasteiger charge is -2.11. The van der Waals surface area contributed by atoms with Crippen molar-refractivity contribution in [3.63, 3.8) is 0 Å². The summed E-state index contributed by atoms with van der Waals surface area (Å²) < 4.78 is 0. The minimum atomic E-state index is -0.872. The smallest absolute Gasteiger partial charge is 0.184 e. The highest BCUT2D eigenvalue weighted by atomic mass is 35.5. The molecule has 2 aromatic carbocycles. The molecule has 0 N–H and O–H groups in total. The van der Waals surface area contributed by atoms with Crippen molar-refractivity contribution >= 4 is 17.4 Å². The maximum Gasteiger partial charge on any atom is 0.184 e. The van der Waals surface area contributed by atoms with Crippen LogP contribution in [-0.2, 0) is 0 Å². The van der Waals surface area contributed by atoms with Crippen molar-refractivity contribution in [3.05, 3.63) is 70.2 Å². The van der Waals surface area contributed by atoms with Crippen molar-refractivity contribution in [2.24, 2.45) is 0 Å². The molecule has 0 aliphatic rings. The Bertz CT molecular complexity index is 683. The van der Waals surface area contributed by atoms with Crippen LogP contribution in [0.4, 0.5) is 0 Å². The zero-order valence-corrected chi connectivity index (χ0v) is 12.8. The van der Waals surface area contributed by atoms with Crippen LogP contribution < -0.4 is 0 Å². The Balaban J connectivity index is 2.33. The molecule has 0 fully saturated rings. The fourth-order valence-corrected chi connectivity index (χ4v) is 2.42. The van der Waals surface area contributed by atoms with E-state index in [0.29, 0.717) is 22.1 Å². The fraction of sp³-hybridized carbons (Fsp3) is 0.222. The standard InChI is InChI=1S/C18H16ClNO/c1-12(2)13-7-9-14(10-8-13)18(21)16(11-20)15-5-3-4-6-17(15)19/h3-10,12,16H,1-2H3. The second kappa shape index (κ2) is 6.56. The molecule has 0 aliphatic heterocycles. The Morgan fingerprint density at radius 1 is 1.10 bits per heavy atom. The monoisotopic (exact) mass is 297 g/mol. The zero-order valence-electron chi connectivity index (χ0n) is 12.0. The molecule has 0 heterocycles. The van der Waals surface area contributed by atoms with Gasteiger partial charge < -0.3 is 0 Å². The molecule has 0 spiro atoms. The summed E-state index contributed by atoms with van der Waals surface area (Å²) in [5, 5.41) is 9.79. The first-order valence-electron chi connectivity index (χ1n) is 6.82. The first-order valence-corrected chi connectivity index (χ1v) is 7.20. The van der Waals surface area contributed by atoms with Crippen LogP contribution in [0.1, 0.15) is 47.2 Å². The number of hydrogen-bond acceptors (Lipinski definition) is 2. The molecule has 0 saturated heterocycles. The molecule has 2 rings (SSSR count). The second-order valence-corrected chi connectivity index (χ2v) is 5.63. The van der Waals surface area contributed by atoms with Crippen molar-refractivity contribution in [3.8, 4) is 6.07 Å². The molecule has 21 heavy (non-hydrogen) atoms. The summed E-state index contributed by atoms with van der Waals surface area (Å²) in [5.41, 5.74) is 2.25. The number of ketones is 1. The summed E-state index contributed by atoms with van der Waals surface area (Å²) in [6, 6.07) is 16.4. The van der Waals surface area contributed by atoms with Gasteiger partial charge in [0.25, 0.3) is 0 Å². The lowest BCUT2D eigenvalue weighted by atomic mass is 9.90. The number of rotatable bonds is 4. The molecule has 0 saturated carbocycles. The number of halogens is 1. The maximum absolute atomic E-state index is 12.5. The summed E-state index contributed by atoms with van der Waals surface area (Å²) in [7, 11) is 0. The third-order valence-corrected chi connectivity index (χ3v) is 3.81. The van der Waals surface area contributed by atoms with E-state index in [1.807, 2.05) is 12.1 Å². The molecule has 106 valence electrons. The molecule has 0 aromatic heterocycles.